The van der Waals surface area contributed by atoms with Gasteiger partial charge in [-0.15, -0.1) is 0 Å². The first-order valence-corrected chi connectivity index (χ1v) is 5.82. The van der Waals surface area contributed by atoms with Gasteiger partial charge in [0.1, 0.15) is 11.5 Å². The van der Waals surface area contributed by atoms with Crippen LogP contribution < -0.4 is 10.5 Å². The minimum Gasteiger partial charge on any atom is -0.447 e. The predicted octanol–water partition coefficient (Wildman–Crippen LogP) is 2.39. The first-order chi connectivity index (χ1) is 9.31. The predicted molar refractivity (Wildman–Crippen MR) is 70.1 cm³/mol. The number of amidine groups is 1. The molecule has 1 aromatic carbocycles. The highest BCUT2D eigenvalue weighted by molar-refractivity contribution is 5.95. The number of rotatable bonds is 3. The Bertz CT molecular complexity index is 671. The van der Waals surface area contributed by atoms with Crippen molar-refractivity contribution in [2.75, 3.05) is 0 Å². The molecule has 0 unspecified atom stereocenters. The molecule has 2 aromatic rings. The Morgan fingerprint density at radius 2 is 1.80 bits per heavy atom. The van der Waals surface area contributed by atoms with Gasteiger partial charge in [-0.1, -0.05) is 0 Å². The number of hydrogen-bond acceptors (Lipinski definition) is 3. The molecule has 0 saturated heterocycles. The van der Waals surface area contributed by atoms with E-state index in [1.54, 1.807) is 25.6 Å². The number of aromatic nitrogens is 2. The van der Waals surface area contributed by atoms with Gasteiger partial charge < -0.3 is 10.5 Å². The van der Waals surface area contributed by atoms with E-state index in [1.807, 2.05) is 0 Å². The highest BCUT2D eigenvalue weighted by atomic mass is 19.1. The molecule has 0 atom stereocenters. The van der Waals surface area contributed by atoms with E-state index in [-0.39, 0.29) is 5.56 Å². The monoisotopic (exact) mass is 280 g/mol. The molecule has 7 heteroatoms. The molecule has 2 rings (SSSR count). The summed E-state index contributed by atoms with van der Waals surface area (Å²) in [5.41, 5.74) is 6.34. The zero-order valence-corrected chi connectivity index (χ0v) is 11.3. The maximum atomic E-state index is 13.9. The van der Waals surface area contributed by atoms with Gasteiger partial charge in [-0.2, -0.15) is 5.10 Å². The third-order valence-corrected chi connectivity index (χ3v) is 2.96. The summed E-state index contributed by atoms with van der Waals surface area (Å²) in [6.45, 7) is 3.41. The Kier molecular flexibility index (Phi) is 3.44. The molecule has 0 spiro atoms. The van der Waals surface area contributed by atoms with Crippen molar-refractivity contribution in [1.29, 1.82) is 5.41 Å². The van der Waals surface area contributed by atoms with Crippen molar-refractivity contribution in [1.82, 2.24) is 9.78 Å². The van der Waals surface area contributed by atoms with Crippen molar-refractivity contribution in [2.24, 2.45) is 12.8 Å². The minimum absolute atomic E-state index is 0.0352. The van der Waals surface area contributed by atoms with E-state index in [0.717, 1.165) is 12.1 Å². The van der Waals surface area contributed by atoms with Crippen LogP contribution in [0.3, 0.4) is 0 Å². The van der Waals surface area contributed by atoms with Crippen LogP contribution in [-0.2, 0) is 7.05 Å². The number of nitrogens with zero attached hydrogens (tertiary/aromatic N) is 2. The average Bonchev–Trinajstić information content (AvgIpc) is 2.59. The first-order valence-electron chi connectivity index (χ1n) is 5.82. The van der Waals surface area contributed by atoms with Crippen LogP contribution in [0.2, 0.25) is 0 Å². The van der Waals surface area contributed by atoms with Gasteiger partial charge in [0.05, 0.1) is 5.69 Å². The molecule has 106 valence electrons. The van der Waals surface area contributed by atoms with E-state index in [2.05, 4.69) is 5.10 Å². The van der Waals surface area contributed by atoms with E-state index in [9.17, 15) is 8.78 Å². The summed E-state index contributed by atoms with van der Waals surface area (Å²) in [7, 11) is 1.71. The van der Waals surface area contributed by atoms with Crippen LogP contribution in [0.1, 0.15) is 17.0 Å². The second-order valence-corrected chi connectivity index (χ2v) is 4.41. The molecule has 0 aliphatic carbocycles. The van der Waals surface area contributed by atoms with Gasteiger partial charge >= 0.3 is 0 Å². The van der Waals surface area contributed by atoms with Crippen LogP contribution in [0, 0.1) is 30.9 Å². The van der Waals surface area contributed by atoms with Crippen molar-refractivity contribution in [3.63, 3.8) is 0 Å². The fourth-order valence-electron chi connectivity index (χ4n) is 1.82. The zero-order chi connectivity index (χ0) is 15.0. The van der Waals surface area contributed by atoms with E-state index < -0.39 is 23.2 Å². The molecule has 0 aliphatic heterocycles. The lowest BCUT2D eigenvalue weighted by Gasteiger charge is -2.09. The maximum Gasteiger partial charge on any atom is 0.198 e. The second kappa shape index (κ2) is 4.92. The Hall–Kier alpha value is -2.44. The molecule has 0 radical (unpaired) electrons. The van der Waals surface area contributed by atoms with Gasteiger partial charge in [0.2, 0.25) is 0 Å². The number of benzene rings is 1. The topological polar surface area (TPSA) is 76.9 Å². The second-order valence-electron chi connectivity index (χ2n) is 4.41. The molecule has 20 heavy (non-hydrogen) atoms. The van der Waals surface area contributed by atoms with Crippen LogP contribution in [-0.4, -0.2) is 15.6 Å². The highest BCUT2D eigenvalue weighted by Crippen LogP contribution is 2.32. The summed E-state index contributed by atoms with van der Waals surface area (Å²) in [5.74, 6) is -2.48. The van der Waals surface area contributed by atoms with Gasteiger partial charge in [0, 0.05) is 12.6 Å². The number of nitrogen functional groups attached to an aromatic ring is 1. The number of ether oxygens (including phenoxy) is 1. The smallest absolute Gasteiger partial charge is 0.198 e. The summed E-state index contributed by atoms with van der Waals surface area (Å²) >= 11 is 0. The van der Waals surface area contributed by atoms with Crippen molar-refractivity contribution in [2.45, 2.75) is 13.8 Å². The number of aryl methyl sites for hydroxylation is 2. The molecule has 5 nitrogen and oxygen atoms in total. The molecular weight excluding hydrogens is 266 g/mol. The average molecular weight is 280 g/mol. The van der Waals surface area contributed by atoms with Gasteiger partial charge in [-0.3, -0.25) is 10.1 Å². The molecule has 3 N–H and O–H groups in total. The summed E-state index contributed by atoms with van der Waals surface area (Å²) < 4.78 is 34.6. The highest BCUT2D eigenvalue weighted by Gasteiger charge is 2.19. The van der Waals surface area contributed by atoms with Crippen LogP contribution in [0.15, 0.2) is 12.1 Å². The van der Waals surface area contributed by atoms with E-state index >= 15 is 0 Å². The fraction of sp³-hybridized carbons (Fsp3) is 0.231. The van der Waals surface area contributed by atoms with Crippen molar-refractivity contribution in [3.05, 3.63) is 40.7 Å². The molecule has 1 heterocycles. The normalized spacial score (nSPS) is 10.7. The first kappa shape index (κ1) is 14.0. The summed E-state index contributed by atoms with van der Waals surface area (Å²) in [6.07, 6.45) is 0. The fourth-order valence-corrected chi connectivity index (χ4v) is 1.82. The molecule has 0 bridgehead atoms. The quantitative estimate of drug-likeness (QED) is 0.669. The standard InChI is InChI=1S/C13H14F2N4O/c1-6-11(7(2)19(3)18-6)20-12-9(14)4-8(13(16)17)5-10(12)15/h4-5H,1-3H3,(H3,16,17). The van der Waals surface area contributed by atoms with Crippen LogP contribution in [0.4, 0.5) is 8.78 Å². The van der Waals surface area contributed by atoms with Crippen LogP contribution >= 0.6 is 0 Å². The Labute approximate surface area is 114 Å². The molecule has 0 amide bonds. The number of nitrogens with two attached hydrogens (primary N) is 1. The Morgan fingerprint density at radius 3 is 2.20 bits per heavy atom. The summed E-state index contributed by atoms with van der Waals surface area (Å²) in [5, 5.41) is 11.3. The van der Waals surface area contributed by atoms with E-state index in [0.29, 0.717) is 17.1 Å². The number of halogens is 2. The number of nitrogens with one attached hydrogen (secondary N) is 1. The van der Waals surface area contributed by atoms with Crippen LogP contribution in [0.25, 0.3) is 0 Å². The number of hydrogen-bond donors (Lipinski definition) is 2. The molecule has 0 saturated carbocycles. The van der Waals surface area contributed by atoms with E-state index in [1.165, 1.54) is 0 Å². The van der Waals surface area contributed by atoms with Gasteiger partial charge in [-0.25, -0.2) is 8.78 Å². The molecule has 0 fully saturated rings. The zero-order valence-electron chi connectivity index (χ0n) is 11.3. The maximum absolute atomic E-state index is 13.9. The van der Waals surface area contributed by atoms with Gasteiger partial charge in [-0.05, 0) is 26.0 Å². The van der Waals surface area contributed by atoms with E-state index in [4.69, 9.17) is 15.9 Å². The molecule has 1 aromatic heterocycles. The van der Waals surface area contributed by atoms with Gasteiger partial charge in [0.15, 0.2) is 23.1 Å². The lowest BCUT2D eigenvalue weighted by molar-refractivity contribution is 0.402. The summed E-state index contributed by atoms with van der Waals surface area (Å²) in [6, 6.07) is 1.92. The van der Waals surface area contributed by atoms with Crippen molar-refractivity contribution in [3.8, 4) is 11.5 Å². The lowest BCUT2D eigenvalue weighted by Crippen LogP contribution is -2.12. The molecule has 0 aliphatic rings. The Balaban J connectivity index is 2.47. The third-order valence-electron chi connectivity index (χ3n) is 2.96. The van der Waals surface area contributed by atoms with Crippen LogP contribution in [0.5, 0.6) is 11.5 Å². The summed E-state index contributed by atoms with van der Waals surface area (Å²) in [4.78, 5) is 0. The molecular formula is C13H14F2N4O. The lowest BCUT2D eigenvalue weighted by atomic mass is 10.2. The minimum atomic E-state index is -0.919. The van der Waals surface area contributed by atoms with Gasteiger partial charge in [0.25, 0.3) is 0 Å². The Morgan fingerprint density at radius 1 is 1.25 bits per heavy atom. The largest absolute Gasteiger partial charge is 0.447 e. The van der Waals surface area contributed by atoms with Crippen molar-refractivity contribution < 1.29 is 13.5 Å². The third kappa shape index (κ3) is 2.34. The SMILES string of the molecule is Cc1nn(C)c(C)c1Oc1c(F)cc(C(=N)N)cc1F. The van der Waals surface area contributed by atoms with Crippen molar-refractivity contribution >= 4 is 5.84 Å².